The van der Waals surface area contributed by atoms with Crippen LogP contribution in [0.25, 0.3) is 0 Å². The normalized spacial score (nSPS) is 19.7. The molecule has 1 unspecified atom stereocenters. The maximum Gasteiger partial charge on any atom is 0.131 e. The Balaban J connectivity index is 2.39. The van der Waals surface area contributed by atoms with E-state index in [-0.39, 0.29) is 11.8 Å². The van der Waals surface area contributed by atoms with Crippen LogP contribution in [-0.2, 0) is 0 Å². The summed E-state index contributed by atoms with van der Waals surface area (Å²) in [5.74, 6) is 0. The molecule has 0 aromatic carbocycles. The molecule has 88 valence electrons. The van der Waals surface area contributed by atoms with E-state index in [4.69, 9.17) is 16.3 Å². The van der Waals surface area contributed by atoms with Crippen LogP contribution in [0.1, 0.15) is 23.3 Å². The van der Waals surface area contributed by atoms with E-state index >= 15 is 0 Å². The molecule has 1 aliphatic rings. The molecule has 3 N–H and O–H groups in total. The number of nitrogen functional groups attached to an aromatic ring is 1. The Kier molecular flexibility index (Phi) is 3.19. The number of rotatable bonds is 1. The van der Waals surface area contributed by atoms with E-state index in [0.29, 0.717) is 22.0 Å². The van der Waals surface area contributed by atoms with E-state index < -0.39 is 0 Å². The lowest BCUT2D eigenvalue weighted by atomic mass is 10.1. The van der Waals surface area contributed by atoms with Gasteiger partial charge >= 0.3 is 0 Å². The predicted molar refractivity (Wildman–Crippen MR) is 65.6 cm³/mol. The van der Waals surface area contributed by atoms with Crippen molar-refractivity contribution < 1.29 is 5.11 Å². The first kappa shape index (κ1) is 11.7. The molecule has 1 aliphatic heterocycles. The van der Waals surface area contributed by atoms with Gasteiger partial charge in [0.05, 0.1) is 11.8 Å². The molecule has 0 spiro atoms. The molecule has 1 aromatic heterocycles. The van der Waals surface area contributed by atoms with Crippen molar-refractivity contribution in [1.29, 1.82) is 10.5 Å². The van der Waals surface area contributed by atoms with Gasteiger partial charge in [-0.3, -0.25) is 0 Å². The lowest BCUT2D eigenvalue weighted by Crippen LogP contribution is -2.38. The molecule has 17 heavy (non-hydrogen) atoms. The van der Waals surface area contributed by atoms with Crippen molar-refractivity contribution in [3.05, 3.63) is 10.4 Å². The minimum absolute atomic E-state index is 0.259. The van der Waals surface area contributed by atoms with E-state index in [1.165, 1.54) is 11.3 Å². The van der Waals surface area contributed by atoms with Crippen molar-refractivity contribution in [2.45, 2.75) is 18.9 Å². The lowest BCUT2D eigenvalue weighted by Gasteiger charge is -2.30. The Morgan fingerprint density at radius 1 is 1.41 bits per heavy atom. The summed E-state index contributed by atoms with van der Waals surface area (Å²) >= 11 is 1.23. The van der Waals surface area contributed by atoms with Crippen LogP contribution in [0.5, 0.6) is 0 Å². The van der Waals surface area contributed by atoms with Crippen LogP contribution in [-0.4, -0.2) is 24.3 Å². The van der Waals surface area contributed by atoms with Gasteiger partial charge in [-0.05, 0) is 12.8 Å². The number of nitriles is 2. The Morgan fingerprint density at radius 2 is 2.18 bits per heavy atom. The standard InChI is InChI=1S/C11H12N4OS/c12-4-8-10(14)9(5-13)17-11(8)15-3-1-2-7(16)6-15/h7,16H,1-3,6,14H2. The van der Waals surface area contributed by atoms with Crippen LogP contribution >= 0.6 is 11.3 Å². The Labute approximate surface area is 103 Å². The number of nitrogens with two attached hydrogens (primary N) is 1. The van der Waals surface area contributed by atoms with Crippen LogP contribution in [0.4, 0.5) is 10.7 Å². The number of hydrogen-bond acceptors (Lipinski definition) is 6. The summed E-state index contributed by atoms with van der Waals surface area (Å²) in [6, 6.07) is 4.04. The zero-order valence-electron chi connectivity index (χ0n) is 9.18. The average Bonchev–Trinajstić information content (AvgIpc) is 2.65. The van der Waals surface area contributed by atoms with E-state index in [0.717, 1.165) is 19.4 Å². The first-order valence-corrected chi connectivity index (χ1v) is 6.14. The molecule has 5 nitrogen and oxygen atoms in total. The molecule has 0 saturated carbocycles. The fraction of sp³-hybridized carbons (Fsp3) is 0.455. The quantitative estimate of drug-likeness (QED) is 0.773. The van der Waals surface area contributed by atoms with Gasteiger partial charge in [0.1, 0.15) is 27.6 Å². The van der Waals surface area contributed by atoms with Crippen LogP contribution in [0, 0.1) is 22.7 Å². The minimum atomic E-state index is -0.371. The third kappa shape index (κ3) is 2.05. The SMILES string of the molecule is N#Cc1sc(N2CCCC(O)C2)c(C#N)c1N. The highest BCUT2D eigenvalue weighted by Gasteiger charge is 2.24. The summed E-state index contributed by atoms with van der Waals surface area (Å²) in [4.78, 5) is 2.31. The summed E-state index contributed by atoms with van der Waals surface area (Å²) in [5, 5.41) is 28.3. The molecule has 0 amide bonds. The van der Waals surface area contributed by atoms with E-state index in [1.807, 2.05) is 17.0 Å². The van der Waals surface area contributed by atoms with E-state index in [2.05, 4.69) is 0 Å². The highest BCUT2D eigenvalue weighted by atomic mass is 32.1. The Bertz CT molecular complexity index is 511. The fourth-order valence-electron chi connectivity index (χ4n) is 1.98. The van der Waals surface area contributed by atoms with Gasteiger partial charge in [0.25, 0.3) is 0 Å². The molecule has 1 saturated heterocycles. The van der Waals surface area contributed by atoms with Crippen molar-refractivity contribution in [3.63, 3.8) is 0 Å². The van der Waals surface area contributed by atoms with Gasteiger partial charge in [0.15, 0.2) is 0 Å². The highest BCUT2D eigenvalue weighted by molar-refractivity contribution is 7.17. The van der Waals surface area contributed by atoms with Crippen LogP contribution in [0.2, 0.25) is 0 Å². The second kappa shape index (κ2) is 4.62. The van der Waals surface area contributed by atoms with E-state index in [1.54, 1.807) is 0 Å². The number of aliphatic hydroxyl groups is 1. The molecule has 0 bridgehead atoms. The van der Waals surface area contributed by atoms with Crippen molar-refractivity contribution in [2.24, 2.45) is 0 Å². The molecule has 2 rings (SSSR count). The van der Waals surface area contributed by atoms with Gasteiger partial charge in [-0.15, -0.1) is 11.3 Å². The van der Waals surface area contributed by atoms with Crippen molar-refractivity contribution in [1.82, 2.24) is 0 Å². The maximum absolute atomic E-state index is 9.62. The number of thiophene rings is 1. The molecular formula is C11H12N4OS. The maximum atomic E-state index is 9.62. The summed E-state index contributed by atoms with van der Waals surface area (Å²) in [5.41, 5.74) is 6.36. The molecular weight excluding hydrogens is 236 g/mol. The van der Waals surface area contributed by atoms with Gasteiger partial charge in [-0.2, -0.15) is 10.5 Å². The molecule has 1 atom stereocenters. The van der Waals surface area contributed by atoms with Crippen molar-refractivity contribution >= 4 is 22.0 Å². The van der Waals surface area contributed by atoms with Gasteiger partial charge in [0, 0.05) is 13.1 Å². The van der Waals surface area contributed by atoms with E-state index in [9.17, 15) is 5.11 Å². The number of anilines is 2. The zero-order chi connectivity index (χ0) is 12.4. The fourth-order valence-corrected chi connectivity index (χ4v) is 2.99. The zero-order valence-corrected chi connectivity index (χ0v) is 10.00. The van der Waals surface area contributed by atoms with Gasteiger partial charge in [0.2, 0.25) is 0 Å². The summed E-state index contributed by atoms with van der Waals surface area (Å²) in [7, 11) is 0. The Hall–Kier alpha value is -1.76. The smallest absolute Gasteiger partial charge is 0.131 e. The summed E-state index contributed by atoms with van der Waals surface area (Å²) in [6.07, 6.45) is 1.29. The van der Waals surface area contributed by atoms with Crippen LogP contribution < -0.4 is 10.6 Å². The first-order chi connectivity index (χ1) is 8.17. The molecule has 0 radical (unpaired) electrons. The number of aliphatic hydroxyl groups excluding tert-OH is 1. The van der Waals surface area contributed by atoms with Crippen LogP contribution in [0.15, 0.2) is 0 Å². The number of piperidine rings is 1. The van der Waals surface area contributed by atoms with Crippen molar-refractivity contribution in [2.75, 3.05) is 23.7 Å². The second-order valence-corrected chi connectivity index (χ2v) is 4.99. The van der Waals surface area contributed by atoms with Crippen molar-refractivity contribution in [3.8, 4) is 12.1 Å². The highest BCUT2D eigenvalue weighted by Crippen LogP contribution is 2.38. The van der Waals surface area contributed by atoms with Gasteiger partial charge < -0.3 is 15.7 Å². The molecule has 1 fully saturated rings. The summed E-state index contributed by atoms with van der Waals surface area (Å²) in [6.45, 7) is 1.29. The molecule has 6 heteroatoms. The van der Waals surface area contributed by atoms with Gasteiger partial charge in [-0.25, -0.2) is 0 Å². The monoisotopic (exact) mass is 248 g/mol. The largest absolute Gasteiger partial charge is 0.396 e. The Morgan fingerprint density at radius 3 is 2.76 bits per heavy atom. The molecule has 1 aromatic rings. The average molecular weight is 248 g/mol. The molecule has 0 aliphatic carbocycles. The minimum Gasteiger partial charge on any atom is -0.396 e. The number of hydrogen-bond donors (Lipinski definition) is 2. The number of β-amino-alcohol motifs (C(OH)–C–C–N with tert-alkyl or cyclic N) is 1. The van der Waals surface area contributed by atoms with Crippen LogP contribution in [0.3, 0.4) is 0 Å². The number of nitrogens with zero attached hydrogens (tertiary/aromatic N) is 3. The third-order valence-corrected chi connectivity index (χ3v) is 3.99. The summed E-state index contributed by atoms with van der Waals surface area (Å²) < 4.78 is 0. The third-order valence-electron chi connectivity index (χ3n) is 2.82. The second-order valence-electron chi connectivity index (χ2n) is 3.99. The lowest BCUT2D eigenvalue weighted by molar-refractivity contribution is 0.154. The first-order valence-electron chi connectivity index (χ1n) is 5.32. The van der Waals surface area contributed by atoms with Gasteiger partial charge in [-0.1, -0.05) is 0 Å². The molecule has 2 heterocycles. The predicted octanol–water partition coefficient (Wildman–Crippen LogP) is 1.03. The topological polar surface area (TPSA) is 97.1 Å².